The number of ether oxygens (including phenoxy) is 1. The average Bonchev–Trinajstić information content (AvgIpc) is 3.46. The number of carbonyl (C=O) groups excluding carboxylic acids is 1. The molecule has 2 aliphatic rings. The van der Waals surface area contributed by atoms with E-state index in [-0.39, 0.29) is 23.9 Å². The van der Waals surface area contributed by atoms with Gasteiger partial charge in [-0.1, -0.05) is 32.0 Å². The van der Waals surface area contributed by atoms with Crippen LogP contribution in [0.2, 0.25) is 0 Å². The molecular formula is C20H30FN3O2. The van der Waals surface area contributed by atoms with E-state index in [2.05, 4.69) is 24.1 Å². The van der Waals surface area contributed by atoms with E-state index >= 15 is 0 Å². The molecule has 1 atom stereocenters. The predicted octanol–water partition coefficient (Wildman–Crippen LogP) is 2.86. The molecule has 3 rings (SSSR count). The molecule has 2 amide bonds. The lowest BCUT2D eigenvalue weighted by molar-refractivity contribution is 0.00690. The number of hydrogen-bond donors (Lipinski definition) is 1. The van der Waals surface area contributed by atoms with Crippen molar-refractivity contribution in [2.24, 2.45) is 5.92 Å². The summed E-state index contributed by atoms with van der Waals surface area (Å²) in [6.07, 6.45) is 2.00. The highest BCUT2D eigenvalue weighted by atomic mass is 19.1. The van der Waals surface area contributed by atoms with Gasteiger partial charge in [0.15, 0.2) is 0 Å². The Labute approximate surface area is 155 Å². The molecule has 5 nitrogen and oxygen atoms in total. The first-order valence-electron chi connectivity index (χ1n) is 9.66. The third-order valence-electron chi connectivity index (χ3n) is 5.29. The SMILES string of the molecule is CC(C)C(CNC(=O)N(Cc1ccccc1F)C1CC1)N1CCOCC1. The first kappa shape index (κ1) is 19.1. The number of carbonyl (C=O) groups is 1. The van der Waals surface area contributed by atoms with Gasteiger partial charge < -0.3 is 15.0 Å². The van der Waals surface area contributed by atoms with Gasteiger partial charge in [0, 0.05) is 37.3 Å². The maximum absolute atomic E-state index is 14.0. The molecule has 1 saturated carbocycles. The standard InChI is InChI=1S/C20H30FN3O2/c1-15(2)19(23-9-11-26-12-10-23)13-22-20(25)24(17-7-8-17)14-16-5-3-4-6-18(16)21/h3-6,15,17,19H,7-14H2,1-2H3,(H,22,25). The summed E-state index contributed by atoms with van der Waals surface area (Å²) in [5.74, 6) is 0.189. The fourth-order valence-corrected chi connectivity index (χ4v) is 3.55. The van der Waals surface area contributed by atoms with E-state index in [0.29, 0.717) is 24.6 Å². The second-order valence-electron chi connectivity index (χ2n) is 7.60. The number of urea groups is 1. The zero-order chi connectivity index (χ0) is 18.5. The van der Waals surface area contributed by atoms with Gasteiger partial charge in [-0.05, 0) is 24.8 Å². The average molecular weight is 363 g/mol. The minimum Gasteiger partial charge on any atom is -0.379 e. The van der Waals surface area contributed by atoms with Gasteiger partial charge in [-0.25, -0.2) is 9.18 Å². The van der Waals surface area contributed by atoms with Gasteiger partial charge in [-0.2, -0.15) is 0 Å². The Morgan fingerprint density at radius 1 is 1.31 bits per heavy atom. The van der Waals surface area contributed by atoms with E-state index in [1.807, 2.05) is 6.07 Å². The van der Waals surface area contributed by atoms with Crippen molar-refractivity contribution in [3.8, 4) is 0 Å². The van der Waals surface area contributed by atoms with E-state index in [0.717, 1.165) is 39.1 Å². The summed E-state index contributed by atoms with van der Waals surface area (Å²) in [4.78, 5) is 17.0. The Balaban J connectivity index is 1.59. The van der Waals surface area contributed by atoms with Crippen molar-refractivity contribution in [1.82, 2.24) is 15.1 Å². The molecule has 26 heavy (non-hydrogen) atoms. The van der Waals surface area contributed by atoms with Crippen molar-refractivity contribution in [2.75, 3.05) is 32.8 Å². The summed E-state index contributed by atoms with van der Waals surface area (Å²) in [6.45, 7) is 8.61. The number of rotatable bonds is 7. The molecular weight excluding hydrogens is 333 g/mol. The van der Waals surface area contributed by atoms with Gasteiger partial charge in [0.05, 0.1) is 19.8 Å². The molecule has 0 radical (unpaired) electrons. The number of nitrogens with zero attached hydrogens (tertiary/aromatic N) is 2. The van der Waals surface area contributed by atoms with Gasteiger partial charge in [-0.15, -0.1) is 0 Å². The number of nitrogens with one attached hydrogen (secondary N) is 1. The minimum atomic E-state index is -0.251. The third-order valence-corrected chi connectivity index (χ3v) is 5.29. The molecule has 1 saturated heterocycles. The summed E-state index contributed by atoms with van der Waals surface area (Å²) in [5.41, 5.74) is 0.572. The fourth-order valence-electron chi connectivity index (χ4n) is 3.55. The highest BCUT2D eigenvalue weighted by molar-refractivity contribution is 5.75. The van der Waals surface area contributed by atoms with Crippen LogP contribution in [-0.2, 0) is 11.3 Å². The van der Waals surface area contributed by atoms with Crippen LogP contribution in [-0.4, -0.2) is 60.8 Å². The third kappa shape index (κ3) is 4.95. The van der Waals surface area contributed by atoms with Crippen molar-refractivity contribution in [3.05, 3.63) is 35.6 Å². The second kappa shape index (κ2) is 8.82. The molecule has 1 aromatic rings. The molecule has 1 aliphatic heterocycles. The Morgan fingerprint density at radius 3 is 2.62 bits per heavy atom. The van der Waals surface area contributed by atoms with Crippen LogP contribution in [0, 0.1) is 11.7 Å². The molecule has 1 aromatic carbocycles. The van der Waals surface area contributed by atoms with Crippen molar-refractivity contribution in [3.63, 3.8) is 0 Å². The molecule has 2 fully saturated rings. The highest BCUT2D eigenvalue weighted by Crippen LogP contribution is 2.29. The summed E-state index contributed by atoms with van der Waals surface area (Å²) in [7, 11) is 0. The molecule has 0 bridgehead atoms. The van der Waals surface area contributed by atoms with Gasteiger partial charge in [0.1, 0.15) is 5.82 Å². The number of morpholine rings is 1. The fraction of sp³-hybridized carbons (Fsp3) is 0.650. The molecule has 1 unspecified atom stereocenters. The van der Waals surface area contributed by atoms with Crippen molar-refractivity contribution in [1.29, 1.82) is 0 Å². The number of halogens is 1. The van der Waals surface area contributed by atoms with Crippen LogP contribution in [0.3, 0.4) is 0 Å². The normalized spacial score (nSPS) is 19.4. The summed E-state index contributed by atoms with van der Waals surface area (Å²) >= 11 is 0. The van der Waals surface area contributed by atoms with Gasteiger partial charge in [0.25, 0.3) is 0 Å². The van der Waals surface area contributed by atoms with Crippen LogP contribution >= 0.6 is 0 Å². The smallest absolute Gasteiger partial charge is 0.318 e. The summed E-state index contributed by atoms with van der Waals surface area (Å²) in [6, 6.07) is 7.13. The molecule has 144 valence electrons. The first-order chi connectivity index (χ1) is 12.6. The van der Waals surface area contributed by atoms with Crippen LogP contribution in [0.1, 0.15) is 32.3 Å². The lowest BCUT2D eigenvalue weighted by Crippen LogP contribution is -2.53. The second-order valence-corrected chi connectivity index (χ2v) is 7.60. The topological polar surface area (TPSA) is 44.8 Å². The quantitative estimate of drug-likeness (QED) is 0.810. The van der Waals surface area contributed by atoms with E-state index in [9.17, 15) is 9.18 Å². The highest BCUT2D eigenvalue weighted by Gasteiger charge is 2.33. The Bertz CT molecular complexity index is 600. The zero-order valence-corrected chi connectivity index (χ0v) is 15.8. The molecule has 6 heteroatoms. The van der Waals surface area contributed by atoms with E-state index in [4.69, 9.17) is 4.74 Å². The van der Waals surface area contributed by atoms with E-state index in [1.54, 1.807) is 17.0 Å². The maximum atomic E-state index is 14.0. The number of benzene rings is 1. The monoisotopic (exact) mass is 363 g/mol. The van der Waals surface area contributed by atoms with Gasteiger partial charge in [0.2, 0.25) is 0 Å². The maximum Gasteiger partial charge on any atom is 0.318 e. The molecule has 1 aliphatic carbocycles. The van der Waals surface area contributed by atoms with Gasteiger partial charge in [-0.3, -0.25) is 4.90 Å². The molecule has 1 N–H and O–H groups in total. The zero-order valence-electron chi connectivity index (χ0n) is 15.8. The molecule has 0 aromatic heterocycles. The number of hydrogen-bond acceptors (Lipinski definition) is 3. The van der Waals surface area contributed by atoms with Gasteiger partial charge >= 0.3 is 6.03 Å². The van der Waals surface area contributed by atoms with Crippen LogP contribution < -0.4 is 5.32 Å². The predicted molar refractivity (Wildman–Crippen MR) is 99.4 cm³/mol. The van der Waals surface area contributed by atoms with Crippen molar-refractivity contribution < 1.29 is 13.9 Å². The Hall–Kier alpha value is -1.66. The summed E-state index contributed by atoms with van der Waals surface area (Å²) in [5, 5.41) is 3.10. The number of amides is 2. The van der Waals surface area contributed by atoms with E-state index in [1.165, 1.54) is 6.07 Å². The van der Waals surface area contributed by atoms with Crippen molar-refractivity contribution in [2.45, 2.75) is 45.3 Å². The Kier molecular flexibility index (Phi) is 6.48. The molecule has 0 spiro atoms. The van der Waals surface area contributed by atoms with Crippen LogP contribution in [0.4, 0.5) is 9.18 Å². The first-order valence-corrected chi connectivity index (χ1v) is 9.66. The summed E-state index contributed by atoms with van der Waals surface area (Å²) < 4.78 is 19.4. The van der Waals surface area contributed by atoms with Crippen molar-refractivity contribution >= 4 is 6.03 Å². The van der Waals surface area contributed by atoms with Crippen LogP contribution in [0.15, 0.2) is 24.3 Å². The Morgan fingerprint density at radius 2 is 2.00 bits per heavy atom. The van der Waals surface area contributed by atoms with Crippen LogP contribution in [0.5, 0.6) is 0 Å². The largest absolute Gasteiger partial charge is 0.379 e. The lowest BCUT2D eigenvalue weighted by atomic mass is 10.0. The minimum absolute atomic E-state index is 0.0883. The lowest BCUT2D eigenvalue weighted by Gasteiger charge is -2.37. The van der Waals surface area contributed by atoms with E-state index < -0.39 is 0 Å². The molecule has 1 heterocycles. The van der Waals surface area contributed by atoms with Crippen LogP contribution in [0.25, 0.3) is 0 Å².